The van der Waals surface area contributed by atoms with E-state index in [0.29, 0.717) is 11.3 Å². The normalized spacial score (nSPS) is 13.1. The third-order valence-electron chi connectivity index (χ3n) is 2.85. The van der Waals surface area contributed by atoms with Crippen molar-refractivity contribution in [3.8, 4) is 5.75 Å². The molecule has 1 rings (SSSR count). The van der Waals surface area contributed by atoms with Gasteiger partial charge >= 0.3 is 18.1 Å². The summed E-state index contributed by atoms with van der Waals surface area (Å²) in [7, 11) is 1.47. The quantitative estimate of drug-likeness (QED) is 0.832. The molecule has 0 aliphatic heterocycles. The molecule has 0 aliphatic carbocycles. The minimum atomic E-state index is -5.08. The van der Waals surface area contributed by atoms with Crippen molar-refractivity contribution in [1.29, 1.82) is 0 Å². The van der Waals surface area contributed by atoms with Crippen molar-refractivity contribution in [3.05, 3.63) is 29.8 Å². The Bertz CT molecular complexity index is 576. The third kappa shape index (κ3) is 6.47. The molecule has 0 saturated heterocycles. The summed E-state index contributed by atoms with van der Waals surface area (Å²) in [6.07, 6.45) is -5.22. The largest absolute Gasteiger partial charge is 0.497 e. The molecule has 8 heteroatoms. The molecule has 0 saturated carbocycles. The minimum absolute atomic E-state index is 0.138. The topological polar surface area (TPSA) is 64.6 Å². The monoisotopic (exact) mass is 347 g/mol. The lowest BCUT2D eigenvalue weighted by Crippen LogP contribution is -2.49. The minimum Gasteiger partial charge on any atom is -0.497 e. The highest BCUT2D eigenvalue weighted by molar-refractivity contribution is 5.87. The lowest BCUT2D eigenvalue weighted by molar-refractivity contribution is -0.177. The van der Waals surface area contributed by atoms with Crippen molar-refractivity contribution < 1.29 is 32.2 Å². The molecule has 0 aliphatic rings. The van der Waals surface area contributed by atoms with E-state index in [1.54, 1.807) is 50.4 Å². The van der Waals surface area contributed by atoms with Crippen molar-refractivity contribution >= 4 is 11.9 Å². The number of rotatable bonds is 5. The Balaban J connectivity index is 2.94. The number of benzene rings is 1. The number of carbonyl (C=O) groups is 2. The summed E-state index contributed by atoms with van der Waals surface area (Å²) in [5, 5.41) is 1.69. The standard InChI is InChI=1S/C16H20F3NO4/c1-15(2,3)24-13(21)12(20-14(22)16(17,18)19)9-10-5-7-11(23-4)8-6-10/h5-8,12H,9H2,1-4H3,(H,20,22)/t12-/m0/s1. The van der Waals surface area contributed by atoms with Crippen molar-refractivity contribution in [1.82, 2.24) is 5.32 Å². The highest BCUT2D eigenvalue weighted by atomic mass is 19.4. The Morgan fingerprint density at radius 2 is 1.67 bits per heavy atom. The summed E-state index contributed by atoms with van der Waals surface area (Å²) < 4.78 is 47.5. The number of nitrogens with one attached hydrogen (secondary N) is 1. The summed E-state index contributed by atoms with van der Waals surface area (Å²) in [5.74, 6) is -2.56. The summed E-state index contributed by atoms with van der Waals surface area (Å²) in [6, 6.07) is 4.94. The van der Waals surface area contributed by atoms with Crippen LogP contribution in [0, 0.1) is 0 Å². The molecule has 0 heterocycles. The highest BCUT2D eigenvalue weighted by Crippen LogP contribution is 2.18. The van der Waals surface area contributed by atoms with Gasteiger partial charge in [0.15, 0.2) is 0 Å². The fourth-order valence-corrected chi connectivity index (χ4v) is 1.80. The number of hydrogen-bond acceptors (Lipinski definition) is 4. The number of ether oxygens (including phenoxy) is 2. The second-order valence-corrected chi connectivity index (χ2v) is 6.11. The van der Waals surface area contributed by atoms with Crippen molar-refractivity contribution in [2.45, 2.75) is 45.0 Å². The molecule has 1 aromatic carbocycles. The second kappa shape index (κ2) is 7.55. The lowest BCUT2D eigenvalue weighted by Gasteiger charge is -2.25. The molecule has 0 spiro atoms. The first-order valence-corrected chi connectivity index (χ1v) is 7.16. The van der Waals surface area contributed by atoms with Crippen LogP contribution in [0.3, 0.4) is 0 Å². The van der Waals surface area contributed by atoms with Crippen LogP contribution in [0.5, 0.6) is 5.75 Å². The zero-order chi connectivity index (χ0) is 18.5. The van der Waals surface area contributed by atoms with E-state index in [-0.39, 0.29) is 6.42 Å². The van der Waals surface area contributed by atoms with Gasteiger partial charge in [-0.2, -0.15) is 13.2 Å². The molecular weight excluding hydrogens is 327 g/mol. The molecule has 0 aromatic heterocycles. The summed E-state index contributed by atoms with van der Waals surface area (Å²) in [4.78, 5) is 23.3. The van der Waals surface area contributed by atoms with Gasteiger partial charge in [-0.25, -0.2) is 4.79 Å². The predicted octanol–water partition coefficient (Wildman–Crippen LogP) is 2.63. The van der Waals surface area contributed by atoms with Crippen LogP contribution in [0.4, 0.5) is 13.2 Å². The fourth-order valence-electron chi connectivity index (χ4n) is 1.80. The maximum Gasteiger partial charge on any atom is 0.471 e. The predicted molar refractivity (Wildman–Crippen MR) is 80.5 cm³/mol. The van der Waals surface area contributed by atoms with E-state index in [1.165, 1.54) is 7.11 Å². The van der Waals surface area contributed by atoms with E-state index in [1.807, 2.05) is 0 Å². The molecule has 1 aromatic rings. The number of carbonyl (C=O) groups excluding carboxylic acids is 2. The smallest absolute Gasteiger partial charge is 0.471 e. The van der Waals surface area contributed by atoms with E-state index in [0.717, 1.165) is 0 Å². The molecule has 0 unspecified atom stereocenters. The van der Waals surface area contributed by atoms with E-state index in [9.17, 15) is 22.8 Å². The van der Waals surface area contributed by atoms with Crippen molar-refractivity contribution in [2.75, 3.05) is 7.11 Å². The van der Waals surface area contributed by atoms with Gasteiger partial charge in [0.2, 0.25) is 0 Å². The average Bonchev–Trinajstić information content (AvgIpc) is 2.44. The summed E-state index contributed by atoms with van der Waals surface area (Å²) in [5.41, 5.74) is -0.341. The Labute approximate surface area is 138 Å². The van der Waals surface area contributed by atoms with Crippen LogP contribution in [0.2, 0.25) is 0 Å². The van der Waals surface area contributed by atoms with E-state index in [4.69, 9.17) is 9.47 Å². The van der Waals surface area contributed by atoms with Gasteiger partial charge in [-0.15, -0.1) is 0 Å². The number of alkyl halides is 3. The lowest BCUT2D eigenvalue weighted by atomic mass is 10.1. The molecular formula is C16H20F3NO4. The second-order valence-electron chi connectivity index (χ2n) is 6.11. The van der Waals surface area contributed by atoms with Gasteiger partial charge in [-0.05, 0) is 38.5 Å². The zero-order valence-electron chi connectivity index (χ0n) is 13.9. The molecule has 0 radical (unpaired) electrons. The molecule has 5 nitrogen and oxygen atoms in total. The van der Waals surface area contributed by atoms with Crippen molar-refractivity contribution in [2.24, 2.45) is 0 Å². The molecule has 0 fully saturated rings. The first kappa shape index (κ1) is 19.8. The number of methoxy groups -OCH3 is 1. The molecule has 1 N–H and O–H groups in total. The highest BCUT2D eigenvalue weighted by Gasteiger charge is 2.41. The fraction of sp³-hybridized carbons (Fsp3) is 0.500. The van der Waals surface area contributed by atoms with E-state index in [2.05, 4.69) is 0 Å². The van der Waals surface area contributed by atoms with Gasteiger partial charge in [0, 0.05) is 6.42 Å². The Morgan fingerprint density at radius 1 is 1.12 bits per heavy atom. The van der Waals surface area contributed by atoms with Crippen LogP contribution in [-0.2, 0) is 20.7 Å². The Kier molecular flexibility index (Phi) is 6.22. The van der Waals surface area contributed by atoms with Crippen LogP contribution in [0.1, 0.15) is 26.3 Å². The number of hydrogen-bond donors (Lipinski definition) is 1. The molecule has 24 heavy (non-hydrogen) atoms. The van der Waals surface area contributed by atoms with Gasteiger partial charge < -0.3 is 14.8 Å². The number of amides is 1. The van der Waals surface area contributed by atoms with Gasteiger partial charge in [-0.3, -0.25) is 4.79 Å². The maximum atomic E-state index is 12.5. The Morgan fingerprint density at radius 3 is 2.08 bits per heavy atom. The van der Waals surface area contributed by atoms with Crippen molar-refractivity contribution in [3.63, 3.8) is 0 Å². The van der Waals surface area contributed by atoms with E-state index < -0.39 is 29.7 Å². The van der Waals surface area contributed by atoms with Crippen LogP contribution in [0.25, 0.3) is 0 Å². The molecule has 1 atom stereocenters. The van der Waals surface area contributed by atoms with Gasteiger partial charge in [-0.1, -0.05) is 12.1 Å². The van der Waals surface area contributed by atoms with Gasteiger partial charge in [0.1, 0.15) is 17.4 Å². The third-order valence-corrected chi connectivity index (χ3v) is 2.85. The SMILES string of the molecule is COc1ccc(C[C@H](NC(=O)C(F)(F)F)C(=O)OC(C)(C)C)cc1. The van der Waals surface area contributed by atoms with Gasteiger partial charge in [0.25, 0.3) is 0 Å². The average molecular weight is 347 g/mol. The number of halogens is 3. The molecule has 1 amide bonds. The first-order valence-electron chi connectivity index (χ1n) is 7.16. The Hall–Kier alpha value is -2.25. The number of esters is 1. The van der Waals surface area contributed by atoms with Crippen LogP contribution < -0.4 is 10.1 Å². The summed E-state index contributed by atoms with van der Waals surface area (Å²) >= 11 is 0. The van der Waals surface area contributed by atoms with Crippen LogP contribution in [-0.4, -0.2) is 36.8 Å². The van der Waals surface area contributed by atoms with Crippen LogP contribution in [0.15, 0.2) is 24.3 Å². The van der Waals surface area contributed by atoms with E-state index >= 15 is 0 Å². The summed E-state index contributed by atoms with van der Waals surface area (Å²) in [6.45, 7) is 4.75. The zero-order valence-corrected chi connectivity index (χ0v) is 13.9. The first-order chi connectivity index (χ1) is 10.9. The van der Waals surface area contributed by atoms with Crippen LogP contribution >= 0.6 is 0 Å². The van der Waals surface area contributed by atoms with Gasteiger partial charge in [0.05, 0.1) is 7.11 Å². The maximum absolute atomic E-state index is 12.5. The molecule has 134 valence electrons. The molecule has 0 bridgehead atoms.